The monoisotopic (exact) mass is 854 g/mol. The van der Waals surface area contributed by atoms with Gasteiger partial charge in [0.15, 0.2) is 5.82 Å². The fraction of sp³-hybridized carbons (Fsp3) is 0. The third-order valence-corrected chi connectivity index (χ3v) is 13.9. The molecule has 302 valence electrons. The van der Waals surface area contributed by atoms with E-state index in [9.17, 15) is 0 Å². The van der Waals surface area contributed by atoms with Crippen molar-refractivity contribution in [2.75, 3.05) is 9.80 Å². The molecule has 12 aromatic rings. The van der Waals surface area contributed by atoms with E-state index in [1.54, 1.807) is 0 Å². The average molecular weight is 855 g/mol. The predicted molar refractivity (Wildman–Crippen MR) is 273 cm³/mol. The minimum atomic E-state index is 0.718. The maximum absolute atomic E-state index is 5.08. The molecule has 6 heteroatoms. The molecule has 12 rings (SSSR count). The summed E-state index contributed by atoms with van der Waals surface area (Å²) < 4.78 is 7.45. The van der Waals surface area contributed by atoms with Gasteiger partial charge in [-0.1, -0.05) is 121 Å². The number of nitrogens with zero attached hydrogens (tertiary/aromatic N) is 4. The predicted octanol–water partition coefficient (Wildman–Crippen LogP) is 17.2. The molecular formula is C58H38N4S2. The van der Waals surface area contributed by atoms with Crippen LogP contribution in [0.2, 0.25) is 0 Å². The Labute approximate surface area is 379 Å². The molecule has 0 bridgehead atoms. The molecule has 0 unspecified atom stereocenters. The second-order valence-electron chi connectivity index (χ2n) is 15.9. The van der Waals surface area contributed by atoms with Gasteiger partial charge in [0.1, 0.15) is 5.01 Å². The van der Waals surface area contributed by atoms with Crippen molar-refractivity contribution in [3.63, 3.8) is 0 Å². The summed E-state index contributed by atoms with van der Waals surface area (Å²) in [5, 5.41) is 8.27. The van der Waals surface area contributed by atoms with Crippen LogP contribution in [0.3, 0.4) is 0 Å². The van der Waals surface area contributed by atoms with Gasteiger partial charge < -0.3 is 9.80 Å². The summed E-state index contributed by atoms with van der Waals surface area (Å²) in [6, 6.07) is 82.6. The fourth-order valence-electron chi connectivity index (χ4n) is 8.78. The Morgan fingerprint density at radius 2 is 0.766 bits per heavy atom. The Morgan fingerprint density at radius 1 is 0.312 bits per heavy atom. The minimum Gasteiger partial charge on any atom is -0.310 e. The first-order valence-electron chi connectivity index (χ1n) is 21.4. The maximum Gasteiger partial charge on any atom is 0.173 e. The molecule has 0 aliphatic carbocycles. The topological polar surface area (TPSA) is 32.3 Å². The van der Waals surface area contributed by atoms with Gasteiger partial charge in [-0.15, -0.1) is 11.3 Å². The van der Waals surface area contributed by atoms with Gasteiger partial charge in [0.2, 0.25) is 0 Å². The van der Waals surface area contributed by atoms with Crippen molar-refractivity contribution >= 4 is 98.7 Å². The summed E-state index contributed by atoms with van der Waals surface area (Å²) in [5.41, 5.74) is 10.9. The highest BCUT2D eigenvalue weighted by molar-refractivity contribution is 7.25. The summed E-state index contributed by atoms with van der Waals surface area (Å²) in [7, 11) is 0. The van der Waals surface area contributed by atoms with E-state index in [1.165, 1.54) is 64.4 Å². The molecule has 0 amide bonds. The van der Waals surface area contributed by atoms with Crippen molar-refractivity contribution in [1.82, 2.24) is 9.36 Å². The van der Waals surface area contributed by atoms with Gasteiger partial charge in [-0.05, 0) is 153 Å². The van der Waals surface area contributed by atoms with Crippen molar-refractivity contribution in [2.24, 2.45) is 0 Å². The molecule has 0 saturated heterocycles. The molecule has 0 N–H and O–H groups in total. The molecule has 64 heavy (non-hydrogen) atoms. The molecule has 0 spiro atoms. The van der Waals surface area contributed by atoms with E-state index in [1.807, 2.05) is 11.3 Å². The third-order valence-electron chi connectivity index (χ3n) is 12.0. The summed E-state index contributed by atoms with van der Waals surface area (Å²) >= 11 is 3.27. The normalized spacial score (nSPS) is 11.4. The first-order chi connectivity index (χ1) is 31.7. The lowest BCUT2D eigenvalue weighted by atomic mass is 10.0. The Hall–Kier alpha value is -7.90. The number of hydrogen-bond acceptors (Lipinski definition) is 6. The van der Waals surface area contributed by atoms with E-state index in [-0.39, 0.29) is 0 Å². The first kappa shape index (κ1) is 37.8. The zero-order valence-electron chi connectivity index (χ0n) is 34.5. The van der Waals surface area contributed by atoms with E-state index in [0.29, 0.717) is 0 Å². The Kier molecular flexibility index (Phi) is 9.51. The molecular weight excluding hydrogens is 817 g/mol. The highest BCUT2D eigenvalue weighted by Crippen LogP contribution is 2.42. The molecule has 2 heterocycles. The molecule has 0 fully saturated rings. The quantitative estimate of drug-likeness (QED) is 0.145. The van der Waals surface area contributed by atoms with Gasteiger partial charge >= 0.3 is 0 Å². The van der Waals surface area contributed by atoms with Crippen LogP contribution in [-0.2, 0) is 0 Å². The Morgan fingerprint density at radius 3 is 1.41 bits per heavy atom. The van der Waals surface area contributed by atoms with Crippen LogP contribution in [0, 0.1) is 0 Å². The number of fused-ring (bicyclic) bond motifs is 5. The SMILES string of the molecule is c1ccc(-c2ccc(N(c3ccc(-c4nc(-c5ccc(N(c6ccc7ccccc7c6)c6ccc7ccccc7c6)cc5)ns4)cc3)c3ccc4sc5ccccc5c4c3)cc2)cc1. The number of hydrogen-bond donors (Lipinski definition) is 0. The summed E-state index contributed by atoms with van der Waals surface area (Å²) in [5.74, 6) is 0.718. The van der Waals surface area contributed by atoms with Crippen LogP contribution < -0.4 is 9.80 Å². The largest absolute Gasteiger partial charge is 0.310 e. The van der Waals surface area contributed by atoms with Gasteiger partial charge in [-0.25, -0.2) is 4.98 Å². The highest BCUT2D eigenvalue weighted by atomic mass is 32.1. The van der Waals surface area contributed by atoms with Gasteiger partial charge in [0.05, 0.1) is 0 Å². The lowest BCUT2D eigenvalue weighted by Crippen LogP contribution is -2.10. The minimum absolute atomic E-state index is 0.718. The van der Waals surface area contributed by atoms with Gasteiger partial charge in [-0.3, -0.25) is 0 Å². The Bertz CT molecular complexity index is 3540. The van der Waals surface area contributed by atoms with E-state index in [2.05, 4.69) is 240 Å². The number of thiophene rings is 1. The van der Waals surface area contributed by atoms with Crippen LogP contribution in [0.5, 0.6) is 0 Å². The van der Waals surface area contributed by atoms with Crippen molar-refractivity contribution in [3.8, 4) is 33.1 Å². The summed E-state index contributed by atoms with van der Waals surface area (Å²) in [6.45, 7) is 0. The highest BCUT2D eigenvalue weighted by Gasteiger charge is 2.18. The number of rotatable bonds is 9. The summed E-state index contributed by atoms with van der Waals surface area (Å²) in [4.78, 5) is 9.75. The van der Waals surface area contributed by atoms with Crippen LogP contribution in [0.25, 0.3) is 74.8 Å². The molecule has 2 aromatic heterocycles. The van der Waals surface area contributed by atoms with Gasteiger partial charge in [0.25, 0.3) is 0 Å². The number of aromatic nitrogens is 2. The average Bonchev–Trinajstić information content (AvgIpc) is 4.01. The van der Waals surface area contributed by atoms with Crippen LogP contribution >= 0.6 is 22.9 Å². The van der Waals surface area contributed by atoms with Crippen LogP contribution in [0.4, 0.5) is 34.1 Å². The zero-order valence-corrected chi connectivity index (χ0v) is 36.2. The third kappa shape index (κ3) is 7.05. The zero-order chi connectivity index (χ0) is 42.4. The van der Waals surface area contributed by atoms with Crippen LogP contribution in [-0.4, -0.2) is 9.36 Å². The van der Waals surface area contributed by atoms with Crippen molar-refractivity contribution in [1.29, 1.82) is 0 Å². The smallest absolute Gasteiger partial charge is 0.173 e. The van der Waals surface area contributed by atoms with E-state index in [4.69, 9.17) is 9.36 Å². The molecule has 0 atom stereocenters. The first-order valence-corrected chi connectivity index (χ1v) is 23.0. The van der Waals surface area contributed by atoms with Gasteiger partial charge in [-0.2, -0.15) is 4.37 Å². The standard InChI is InChI=1S/C58H38N4S2/c1-2-10-39(11-3-1)42-18-26-47(27-19-42)61(52-34-35-56-54(38-52)53-16-8-9-17-55(53)63-56)48-30-24-44(25-31-48)58-59-57(60-64-58)43-22-28-49(29-23-43)62(50-32-20-40-12-4-6-14-45(40)36-50)51-33-21-41-13-5-7-15-46(41)37-51/h1-38H. The number of benzene rings is 10. The van der Waals surface area contributed by atoms with Crippen molar-refractivity contribution in [2.45, 2.75) is 0 Å². The van der Waals surface area contributed by atoms with Crippen molar-refractivity contribution < 1.29 is 0 Å². The number of anilines is 6. The van der Waals surface area contributed by atoms with E-state index >= 15 is 0 Å². The van der Waals surface area contributed by atoms with E-state index in [0.717, 1.165) is 56.1 Å². The Balaban J connectivity index is 0.860. The fourth-order valence-corrected chi connectivity index (χ4v) is 10.6. The van der Waals surface area contributed by atoms with Crippen molar-refractivity contribution in [3.05, 3.63) is 231 Å². The second kappa shape index (κ2) is 16.1. The summed E-state index contributed by atoms with van der Waals surface area (Å²) in [6.07, 6.45) is 0. The van der Waals surface area contributed by atoms with Crippen LogP contribution in [0.1, 0.15) is 0 Å². The molecule has 0 saturated carbocycles. The van der Waals surface area contributed by atoms with Crippen LogP contribution in [0.15, 0.2) is 231 Å². The second-order valence-corrected chi connectivity index (χ2v) is 17.8. The molecule has 4 nitrogen and oxygen atoms in total. The lowest BCUT2D eigenvalue weighted by Gasteiger charge is -2.26. The maximum atomic E-state index is 5.08. The molecule has 0 aliphatic heterocycles. The molecule has 0 aliphatic rings. The van der Waals surface area contributed by atoms with Gasteiger partial charge in [0, 0.05) is 65.4 Å². The lowest BCUT2D eigenvalue weighted by molar-refractivity contribution is 1.28. The van der Waals surface area contributed by atoms with E-state index < -0.39 is 0 Å². The molecule has 10 aromatic carbocycles. The molecule has 0 radical (unpaired) electrons.